The van der Waals surface area contributed by atoms with Crippen molar-refractivity contribution in [3.63, 3.8) is 0 Å². The normalized spacial score (nSPS) is 18.2. The lowest BCUT2D eigenvalue weighted by atomic mass is 9.70. The van der Waals surface area contributed by atoms with Crippen molar-refractivity contribution in [2.24, 2.45) is 5.92 Å². The third kappa shape index (κ3) is 5.09. The van der Waals surface area contributed by atoms with Crippen LogP contribution < -0.4 is 5.32 Å². The molecule has 7 heteroatoms. The van der Waals surface area contributed by atoms with Crippen LogP contribution in [-0.2, 0) is 21.6 Å². The highest BCUT2D eigenvalue weighted by molar-refractivity contribution is 5.99. The number of fused-ring (bicyclic) bond motifs is 1. The van der Waals surface area contributed by atoms with Crippen LogP contribution in [0.3, 0.4) is 0 Å². The van der Waals surface area contributed by atoms with Crippen LogP contribution in [0.1, 0.15) is 80.3 Å². The number of carbonyl (C=O) groups is 2. The van der Waals surface area contributed by atoms with Crippen molar-refractivity contribution in [1.82, 2.24) is 0 Å². The average molecular weight is 470 g/mol. The van der Waals surface area contributed by atoms with Gasteiger partial charge in [-0.2, -0.15) is 0 Å². The minimum atomic E-state index is -1.74. The first-order valence-corrected chi connectivity index (χ1v) is 11.9. The predicted molar refractivity (Wildman–Crippen MR) is 126 cm³/mol. The summed E-state index contributed by atoms with van der Waals surface area (Å²) in [6.07, 6.45) is 5.46. The number of anilines is 1. The molecule has 2 aliphatic rings. The Morgan fingerprint density at radius 2 is 1.88 bits per heavy atom. The largest absolute Gasteiger partial charge is 0.508 e. The van der Waals surface area contributed by atoms with E-state index in [0.29, 0.717) is 22.4 Å². The Balaban J connectivity index is 1.61. The fourth-order valence-corrected chi connectivity index (χ4v) is 5.45. The molecule has 0 aromatic heterocycles. The molecule has 6 nitrogen and oxygen atoms in total. The first-order valence-electron chi connectivity index (χ1n) is 11.9. The number of aliphatic hydroxyl groups is 1. The number of benzene rings is 2. The number of rotatable bonds is 7. The van der Waals surface area contributed by atoms with Crippen LogP contribution in [0.25, 0.3) is 0 Å². The van der Waals surface area contributed by atoms with Crippen molar-refractivity contribution in [3.8, 4) is 5.75 Å². The molecular formula is C27H32FNO5. The molecule has 1 saturated carbocycles. The number of phenols is 1. The van der Waals surface area contributed by atoms with Crippen molar-refractivity contribution < 1.29 is 28.9 Å². The molecule has 2 aromatic rings. The van der Waals surface area contributed by atoms with Crippen LogP contribution in [0.5, 0.6) is 5.75 Å². The van der Waals surface area contributed by atoms with Gasteiger partial charge in [0.15, 0.2) is 0 Å². The predicted octanol–water partition coefficient (Wildman–Crippen LogP) is 5.21. The molecule has 0 bridgehead atoms. The number of ether oxygens (including phenoxy) is 1. The van der Waals surface area contributed by atoms with Crippen LogP contribution in [-0.4, -0.2) is 27.7 Å². The van der Waals surface area contributed by atoms with Gasteiger partial charge < -0.3 is 20.3 Å². The number of carbonyl (C=O) groups excluding carboxylic acids is 2. The molecule has 2 aromatic carbocycles. The van der Waals surface area contributed by atoms with Gasteiger partial charge in [-0.1, -0.05) is 46.0 Å². The minimum Gasteiger partial charge on any atom is -0.508 e. The smallest absolute Gasteiger partial charge is 0.338 e. The number of phenolic OH excluding ortho intramolecular Hbond substituents is 1. The highest BCUT2D eigenvalue weighted by Gasteiger charge is 2.44. The topological polar surface area (TPSA) is 95.9 Å². The van der Waals surface area contributed by atoms with Crippen LogP contribution in [0.4, 0.5) is 10.1 Å². The highest BCUT2D eigenvalue weighted by Crippen LogP contribution is 2.42. The van der Waals surface area contributed by atoms with Crippen molar-refractivity contribution in [2.45, 2.75) is 76.4 Å². The maximum Gasteiger partial charge on any atom is 0.338 e. The van der Waals surface area contributed by atoms with E-state index in [1.165, 1.54) is 18.2 Å². The van der Waals surface area contributed by atoms with E-state index in [4.69, 9.17) is 4.74 Å². The lowest BCUT2D eigenvalue weighted by Gasteiger charge is -2.38. The van der Waals surface area contributed by atoms with E-state index in [-0.39, 0.29) is 31.1 Å². The molecule has 0 spiro atoms. The number of aromatic hydroxyl groups is 1. The lowest BCUT2D eigenvalue weighted by molar-refractivity contribution is -0.138. The zero-order chi connectivity index (χ0) is 24.5. The van der Waals surface area contributed by atoms with Crippen molar-refractivity contribution >= 4 is 17.6 Å². The van der Waals surface area contributed by atoms with E-state index in [1.54, 1.807) is 32.0 Å². The van der Waals surface area contributed by atoms with E-state index in [9.17, 15) is 24.2 Å². The summed E-state index contributed by atoms with van der Waals surface area (Å²) in [7, 11) is 0. The summed E-state index contributed by atoms with van der Waals surface area (Å²) in [5.41, 5.74) is -0.659. The van der Waals surface area contributed by atoms with Gasteiger partial charge >= 0.3 is 5.97 Å². The zero-order valence-electron chi connectivity index (χ0n) is 19.7. The lowest BCUT2D eigenvalue weighted by Crippen LogP contribution is -2.48. The molecule has 1 fully saturated rings. The summed E-state index contributed by atoms with van der Waals surface area (Å²) in [6.45, 7) is 3.73. The number of nitrogens with one attached hydrogen (secondary N) is 1. The molecule has 4 rings (SSSR count). The van der Waals surface area contributed by atoms with Crippen molar-refractivity contribution in [2.75, 3.05) is 5.32 Å². The van der Waals surface area contributed by atoms with E-state index in [0.717, 1.165) is 32.1 Å². The summed E-state index contributed by atoms with van der Waals surface area (Å²) >= 11 is 0. The molecule has 0 radical (unpaired) electrons. The van der Waals surface area contributed by atoms with E-state index < -0.39 is 28.7 Å². The Labute approximate surface area is 199 Å². The molecule has 0 saturated heterocycles. The summed E-state index contributed by atoms with van der Waals surface area (Å²) in [5.74, 6) is -1.30. The average Bonchev–Trinajstić information content (AvgIpc) is 3.15. The molecule has 1 unspecified atom stereocenters. The molecule has 1 heterocycles. The second-order valence-electron chi connectivity index (χ2n) is 10.4. The first kappa shape index (κ1) is 24.2. The summed E-state index contributed by atoms with van der Waals surface area (Å²) < 4.78 is 19.0. The van der Waals surface area contributed by atoms with Crippen molar-refractivity contribution in [3.05, 3.63) is 58.9 Å². The maximum atomic E-state index is 14.0. The van der Waals surface area contributed by atoms with Gasteiger partial charge in [0.2, 0.25) is 0 Å². The number of halogens is 1. The Kier molecular flexibility index (Phi) is 6.67. The zero-order valence-corrected chi connectivity index (χ0v) is 19.7. The maximum absolute atomic E-state index is 14.0. The Morgan fingerprint density at radius 3 is 2.62 bits per heavy atom. The van der Waals surface area contributed by atoms with Crippen LogP contribution in [0.15, 0.2) is 36.4 Å². The van der Waals surface area contributed by atoms with Crippen LogP contribution >= 0.6 is 0 Å². The number of esters is 1. The van der Waals surface area contributed by atoms with Crippen molar-refractivity contribution in [1.29, 1.82) is 0 Å². The van der Waals surface area contributed by atoms with Crippen LogP contribution in [0, 0.1) is 11.7 Å². The summed E-state index contributed by atoms with van der Waals surface area (Å²) in [5, 5.41) is 25.0. The number of hydrogen-bond acceptors (Lipinski definition) is 5. The molecule has 34 heavy (non-hydrogen) atoms. The van der Waals surface area contributed by atoms with E-state index >= 15 is 0 Å². The number of cyclic esters (lactones) is 1. The molecule has 1 aliphatic carbocycles. The van der Waals surface area contributed by atoms with Gasteiger partial charge in [0.05, 0.1) is 5.56 Å². The van der Waals surface area contributed by atoms with Gasteiger partial charge in [-0.3, -0.25) is 4.79 Å². The fourth-order valence-electron chi connectivity index (χ4n) is 5.45. The Bertz CT molecular complexity index is 1090. The van der Waals surface area contributed by atoms with Gasteiger partial charge in [0.25, 0.3) is 5.91 Å². The second kappa shape index (κ2) is 9.37. The first-order chi connectivity index (χ1) is 16.1. The Morgan fingerprint density at radius 1 is 1.15 bits per heavy atom. The van der Waals surface area contributed by atoms with Gasteiger partial charge in [-0.25, -0.2) is 9.18 Å². The van der Waals surface area contributed by atoms with Gasteiger partial charge in [-0.05, 0) is 60.6 Å². The summed E-state index contributed by atoms with van der Waals surface area (Å²) in [6, 6.07) is 8.64. The molecule has 1 aliphatic heterocycles. The molecular weight excluding hydrogens is 437 g/mol. The number of hydrogen-bond donors (Lipinski definition) is 3. The SMILES string of the molecule is CC(C)(CC(O)(CC1CCCCC1)C(=O)Nc1ccc2c(c1)COC2=O)c1cc(F)ccc1O. The van der Waals surface area contributed by atoms with Gasteiger partial charge in [0, 0.05) is 16.8 Å². The highest BCUT2D eigenvalue weighted by atomic mass is 19.1. The third-order valence-electron chi connectivity index (χ3n) is 7.14. The van der Waals surface area contributed by atoms with E-state index in [1.807, 2.05) is 0 Å². The quantitative estimate of drug-likeness (QED) is 0.484. The number of amides is 1. The summed E-state index contributed by atoms with van der Waals surface area (Å²) in [4.78, 5) is 25.3. The molecule has 3 N–H and O–H groups in total. The third-order valence-corrected chi connectivity index (χ3v) is 7.14. The standard InChI is InChI=1S/C27H32FNO5/c1-26(2,22-13-19(28)8-11-23(22)30)16-27(33,14-17-6-4-3-5-7-17)25(32)29-20-9-10-21-18(12-20)15-34-24(21)31/h8-13,17,30,33H,3-7,14-16H2,1-2H3,(H,29,32). The van der Waals surface area contributed by atoms with E-state index in [2.05, 4.69) is 5.32 Å². The molecule has 182 valence electrons. The Hall–Kier alpha value is -2.93. The molecule has 1 atom stereocenters. The fraction of sp³-hybridized carbons (Fsp3) is 0.481. The monoisotopic (exact) mass is 469 g/mol. The minimum absolute atomic E-state index is 0.00584. The van der Waals surface area contributed by atoms with Gasteiger partial charge in [0.1, 0.15) is 23.8 Å². The van der Waals surface area contributed by atoms with Crippen LogP contribution in [0.2, 0.25) is 0 Å². The second-order valence-corrected chi connectivity index (χ2v) is 10.4. The molecule has 1 amide bonds. The van der Waals surface area contributed by atoms with Gasteiger partial charge in [-0.15, -0.1) is 0 Å².